The van der Waals surface area contributed by atoms with E-state index in [1.807, 2.05) is 0 Å². The average molecular weight is 949 g/mol. The van der Waals surface area contributed by atoms with Gasteiger partial charge in [0.05, 0.1) is 32.5 Å². The largest absolute Gasteiger partial charge is 0.386 e. The number of terminal acetylenes is 1. The van der Waals surface area contributed by atoms with Crippen LogP contribution in [-0.4, -0.2) is 118 Å². The fraction of sp³-hybridized carbons (Fsp3) is 0.316. The maximum Gasteiger partial charge on any atom is 0.386 e. The summed E-state index contributed by atoms with van der Waals surface area (Å²) in [5.41, 5.74) is -1.92. The molecule has 10 atom stereocenters. The Bertz CT molecular complexity index is 2950. The number of carbonyl (C=O) groups excluding carboxylic acids is 2. The van der Waals surface area contributed by atoms with Gasteiger partial charge in [-0.1, -0.05) is 54.6 Å². The first-order chi connectivity index (χ1) is 30.8. The van der Waals surface area contributed by atoms with Crippen LogP contribution in [0.4, 0.5) is 11.6 Å². The van der Waals surface area contributed by atoms with E-state index in [-0.39, 0.29) is 40.6 Å². The highest BCUT2D eigenvalue weighted by Crippen LogP contribution is 2.62. The van der Waals surface area contributed by atoms with Crippen LogP contribution >= 0.6 is 25.8 Å². The van der Waals surface area contributed by atoms with Gasteiger partial charge >= 0.3 is 13.5 Å². The summed E-state index contributed by atoms with van der Waals surface area (Å²) >= 11 is 9.91. The molecular weight excluding hydrogens is 915 g/mol. The molecule has 2 bridgehead atoms. The summed E-state index contributed by atoms with van der Waals surface area (Å²) < 4.78 is 66.8. The third-order valence-corrected chi connectivity index (χ3v) is 14.2. The minimum Gasteiger partial charge on any atom is -0.374 e. The number of benzene rings is 2. The van der Waals surface area contributed by atoms with E-state index >= 15 is 0 Å². The maximum atomic E-state index is 14.4. The van der Waals surface area contributed by atoms with Gasteiger partial charge in [0.1, 0.15) is 42.7 Å². The Hall–Kier alpha value is -5.09. The van der Waals surface area contributed by atoms with Crippen LogP contribution in [0.1, 0.15) is 33.2 Å². The van der Waals surface area contributed by atoms with Gasteiger partial charge in [-0.3, -0.25) is 32.3 Å². The third-order valence-electron chi connectivity index (χ3n) is 11.1. The second-order valence-electron chi connectivity index (χ2n) is 14.9. The van der Waals surface area contributed by atoms with Crippen LogP contribution in [0.25, 0.3) is 22.3 Å². The molecule has 0 saturated carbocycles. The summed E-state index contributed by atoms with van der Waals surface area (Å²) in [6.45, 7) is -10.1. The Morgan fingerprint density at radius 1 is 0.828 bits per heavy atom. The normalized spacial score (nSPS) is 32.5. The fourth-order valence-corrected chi connectivity index (χ4v) is 11.0. The number of hydrogen-bond donors (Lipinski definition) is 4. The molecule has 0 aliphatic carbocycles. The molecule has 26 heteroatoms. The monoisotopic (exact) mass is 948 g/mol. The molecule has 3 N–H and O–H groups in total. The highest BCUT2D eigenvalue weighted by molar-refractivity contribution is 8.44. The topological polar surface area (TPSA) is 257 Å². The van der Waals surface area contributed by atoms with Gasteiger partial charge < -0.3 is 39.0 Å². The lowest BCUT2D eigenvalue weighted by atomic mass is 9.97. The smallest absolute Gasteiger partial charge is 0.374 e. The molecule has 330 valence electrons. The van der Waals surface area contributed by atoms with Crippen molar-refractivity contribution in [1.29, 1.82) is 0 Å². The first-order valence-electron chi connectivity index (χ1n) is 19.2. The summed E-state index contributed by atoms with van der Waals surface area (Å²) in [5, 5.41) is 5.51. The number of methoxy groups -OCH3 is 1. The summed E-state index contributed by atoms with van der Waals surface area (Å²) in [6.07, 6.45) is 4.29. The minimum absolute atomic E-state index is 0.105. The number of fused-ring (bicyclic) bond motifs is 3. The van der Waals surface area contributed by atoms with Crippen LogP contribution < -0.4 is 10.6 Å². The van der Waals surface area contributed by atoms with E-state index in [0.717, 1.165) is 0 Å². The molecule has 6 aromatic rings. The molecule has 4 aromatic heterocycles. The van der Waals surface area contributed by atoms with E-state index in [0.29, 0.717) is 11.1 Å². The second kappa shape index (κ2) is 16.4. The Balaban J connectivity index is 0.935. The van der Waals surface area contributed by atoms with Gasteiger partial charge in [0.15, 0.2) is 52.0 Å². The van der Waals surface area contributed by atoms with E-state index in [2.05, 4.69) is 58.7 Å². The number of hydrogen-bond acceptors (Lipinski definition) is 18. The van der Waals surface area contributed by atoms with Crippen LogP contribution in [0.3, 0.4) is 0 Å². The Morgan fingerprint density at radius 2 is 1.41 bits per heavy atom. The molecule has 4 fully saturated rings. The van der Waals surface area contributed by atoms with Crippen LogP contribution in [0, 0.1) is 12.3 Å². The number of anilines is 2. The van der Waals surface area contributed by atoms with Crippen molar-refractivity contribution in [2.24, 2.45) is 0 Å². The number of nitrogens with zero attached hydrogens (tertiary/aromatic N) is 8. The van der Waals surface area contributed by atoms with Crippen molar-refractivity contribution in [3.8, 4) is 12.3 Å². The highest BCUT2D eigenvalue weighted by Gasteiger charge is 2.66. The Kier molecular flexibility index (Phi) is 11.0. The molecule has 4 saturated heterocycles. The van der Waals surface area contributed by atoms with Crippen molar-refractivity contribution in [2.75, 3.05) is 37.6 Å². The first-order valence-corrected chi connectivity index (χ1v) is 24.5. The zero-order valence-electron chi connectivity index (χ0n) is 33.0. The average Bonchev–Trinajstić information content (AvgIpc) is 4.12. The van der Waals surface area contributed by atoms with Crippen LogP contribution in [0.15, 0.2) is 86.0 Å². The van der Waals surface area contributed by atoms with Gasteiger partial charge in [0.2, 0.25) is 0 Å². The molecule has 10 rings (SSSR count). The number of nitrogens with one attached hydrogen (secondary N) is 2. The van der Waals surface area contributed by atoms with Crippen molar-refractivity contribution >= 4 is 83.3 Å². The van der Waals surface area contributed by atoms with Gasteiger partial charge in [0.25, 0.3) is 11.8 Å². The lowest BCUT2D eigenvalue weighted by Crippen LogP contribution is -2.49. The number of ether oxygens (including phenoxy) is 4. The maximum absolute atomic E-state index is 14.4. The van der Waals surface area contributed by atoms with Gasteiger partial charge in [-0.15, -0.1) is 6.42 Å². The zero-order chi connectivity index (χ0) is 44.4. The van der Waals surface area contributed by atoms with E-state index in [1.54, 1.807) is 60.7 Å². The number of imidazole rings is 2. The predicted octanol–water partition coefficient (Wildman–Crippen LogP) is 3.82. The van der Waals surface area contributed by atoms with Crippen molar-refractivity contribution in [3.63, 3.8) is 0 Å². The van der Waals surface area contributed by atoms with Crippen LogP contribution in [0.5, 0.6) is 0 Å². The summed E-state index contributed by atoms with van der Waals surface area (Å²) in [7, 11) is 1.34. The standard InChI is InChI=1S/C38H34N10O12P2S2/c1-3-37-15-55-61(51,63)60-28-26-36(48-20-44-24-30(40-18-42-32(24)48)46-34(50)22-12-8-5-9-13-22)58-38(28,14-54-26)16-56-62(52,64)59-27(37)25(53-2)35(57-37)47-19-43-23-29(39-17-41-31(23)47)45-33(49)21-10-6-4-7-11-21/h1,4-13,17-20,25-28,35-36H,14-16H2,2H3,(H,51,63)(H,52,64)(H,39,41,45,49)(H,40,42,46,50)/t25-,26-,27+,28+,35-,36-,37-,38-,61?,62?/m1/s1. The summed E-state index contributed by atoms with van der Waals surface area (Å²) in [6, 6.07) is 17.1. The number of rotatable bonds is 7. The zero-order valence-corrected chi connectivity index (χ0v) is 36.5. The number of thiol groups is 1. The van der Waals surface area contributed by atoms with E-state index in [9.17, 15) is 19.0 Å². The number of carbonyl (C=O) groups is 2. The van der Waals surface area contributed by atoms with Crippen molar-refractivity contribution in [1.82, 2.24) is 39.0 Å². The molecule has 8 heterocycles. The lowest BCUT2D eigenvalue weighted by Gasteiger charge is -2.36. The van der Waals surface area contributed by atoms with Crippen LogP contribution in [-0.2, 0) is 53.4 Å². The first kappa shape index (κ1) is 42.8. The van der Waals surface area contributed by atoms with E-state index < -0.39 is 86.6 Å². The van der Waals surface area contributed by atoms with Gasteiger partial charge in [0, 0.05) is 18.2 Å². The van der Waals surface area contributed by atoms with Crippen molar-refractivity contribution in [2.45, 2.75) is 48.1 Å². The minimum atomic E-state index is -4.47. The molecule has 2 aromatic carbocycles. The second-order valence-corrected chi connectivity index (χ2v) is 20.5. The van der Waals surface area contributed by atoms with Crippen molar-refractivity contribution in [3.05, 3.63) is 97.1 Å². The van der Waals surface area contributed by atoms with Gasteiger partial charge in [-0.05, 0) is 36.1 Å². The predicted molar refractivity (Wildman–Crippen MR) is 229 cm³/mol. The SMILES string of the molecule is C#C[C@@]12COP(O)(=S)O[C@H]3[C@H]4OC[C@]3(COP(=O)(S)O[C@H]1[C@@H](OC)[C@H](n1cnc3c(NC(=O)c5ccccc5)ncnc31)O2)O[C@H]4n1cnc2c(NC(=O)c3ccccc3)ncnc21. The third kappa shape index (κ3) is 7.51. The molecule has 4 aliphatic rings. The molecular formula is C38H34N10O12P2S2. The van der Waals surface area contributed by atoms with Gasteiger partial charge in [-0.25, -0.2) is 34.5 Å². The number of aromatic nitrogens is 8. The Morgan fingerprint density at radius 3 is 1.97 bits per heavy atom. The van der Waals surface area contributed by atoms with Crippen LogP contribution in [0.2, 0.25) is 0 Å². The molecule has 0 radical (unpaired) electrons. The van der Waals surface area contributed by atoms with Gasteiger partial charge in [-0.2, -0.15) is 0 Å². The van der Waals surface area contributed by atoms with Crippen molar-refractivity contribution < 1.29 is 56.1 Å². The molecule has 22 nitrogen and oxygen atoms in total. The summed E-state index contributed by atoms with van der Waals surface area (Å²) in [5.74, 6) is 1.92. The molecule has 4 aliphatic heterocycles. The molecule has 2 unspecified atom stereocenters. The summed E-state index contributed by atoms with van der Waals surface area (Å²) in [4.78, 5) is 63.9. The highest BCUT2D eigenvalue weighted by atomic mass is 32.7. The number of amides is 2. The molecule has 0 spiro atoms. The molecule has 64 heavy (non-hydrogen) atoms. The lowest BCUT2D eigenvalue weighted by molar-refractivity contribution is -0.183. The Labute approximate surface area is 372 Å². The van der Waals surface area contributed by atoms with E-state index in [1.165, 1.54) is 41.6 Å². The molecule has 2 amide bonds. The van der Waals surface area contributed by atoms with E-state index in [4.69, 9.17) is 55.3 Å². The quantitative estimate of drug-likeness (QED) is 0.101. The fourth-order valence-electron chi connectivity index (χ4n) is 8.03.